The number of hydrogen-bond donors (Lipinski definition) is 0. The fourth-order valence-electron chi connectivity index (χ4n) is 2.58. The Labute approximate surface area is 96.0 Å². The first kappa shape index (κ1) is 11.6. The molecule has 1 aliphatic heterocycles. The second-order valence-corrected chi connectivity index (χ2v) is 8.12. The quantitative estimate of drug-likeness (QED) is 0.667. The minimum Gasteiger partial charge on any atom is -0.242 e. The molecular weight excluding hydrogens is 206 g/mol. The minimum atomic E-state index is -0.776. The summed E-state index contributed by atoms with van der Waals surface area (Å²) in [6, 6.07) is 0.644. The van der Waals surface area contributed by atoms with E-state index < -0.39 is 11.0 Å². The highest BCUT2D eigenvalue weighted by Crippen LogP contribution is 2.38. The van der Waals surface area contributed by atoms with Gasteiger partial charge in [-0.3, -0.25) is 0 Å². The Balaban J connectivity index is 1.87. The average molecular weight is 229 g/mol. The maximum Gasteiger partial charge on any atom is 0.100 e. The van der Waals surface area contributed by atoms with Crippen molar-refractivity contribution < 1.29 is 4.21 Å². The molecular formula is C12H23NOS. The lowest BCUT2D eigenvalue weighted by Gasteiger charge is -2.23. The SMILES string of the molecule is CC(C)(C)[S@@](=O)N1C[C@@H]1C1CCCCC1. The molecule has 2 fully saturated rings. The Morgan fingerprint density at radius 3 is 2.27 bits per heavy atom. The van der Waals surface area contributed by atoms with Gasteiger partial charge in [0.1, 0.15) is 11.0 Å². The summed E-state index contributed by atoms with van der Waals surface area (Å²) in [6.45, 7) is 7.28. The zero-order valence-corrected chi connectivity index (χ0v) is 11.0. The average Bonchev–Trinajstić information content (AvgIpc) is 2.96. The zero-order valence-electron chi connectivity index (χ0n) is 10.2. The minimum absolute atomic E-state index is 0.0799. The lowest BCUT2D eigenvalue weighted by Crippen LogP contribution is -2.29. The third-order valence-corrected chi connectivity index (χ3v) is 5.43. The van der Waals surface area contributed by atoms with Crippen LogP contribution in [-0.4, -0.2) is 25.8 Å². The maximum atomic E-state index is 12.1. The number of nitrogens with zero attached hydrogens (tertiary/aromatic N) is 1. The van der Waals surface area contributed by atoms with Crippen molar-refractivity contribution >= 4 is 11.0 Å². The first-order chi connectivity index (χ1) is 7.00. The molecule has 2 aliphatic rings. The predicted molar refractivity (Wildman–Crippen MR) is 65.0 cm³/mol. The summed E-state index contributed by atoms with van der Waals surface area (Å²) in [5, 5.41) is 0. The normalized spacial score (nSPS) is 35.1. The molecule has 1 unspecified atom stereocenters. The van der Waals surface area contributed by atoms with Crippen LogP contribution in [0, 0.1) is 5.92 Å². The summed E-state index contributed by atoms with van der Waals surface area (Å²) in [7, 11) is -0.776. The maximum absolute atomic E-state index is 12.1. The van der Waals surface area contributed by atoms with Gasteiger partial charge in [-0.1, -0.05) is 19.3 Å². The molecule has 0 radical (unpaired) electrons. The molecule has 0 aromatic carbocycles. The molecule has 2 nitrogen and oxygen atoms in total. The molecule has 3 atom stereocenters. The van der Waals surface area contributed by atoms with Gasteiger partial charge in [-0.2, -0.15) is 0 Å². The van der Waals surface area contributed by atoms with E-state index >= 15 is 0 Å². The van der Waals surface area contributed by atoms with E-state index in [-0.39, 0.29) is 4.75 Å². The van der Waals surface area contributed by atoms with Crippen LogP contribution in [0.3, 0.4) is 0 Å². The highest BCUT2D eigenvalue weighted by molar-refractivity contribution is 7.84. The highest BCUT2D eigenvalue weighted by atomic mass is 32.2. The van der Waals surface area contributed by atoms with Gasteiger partial charge >= 0.3 is 0 Å². The Hall–Kier alpha value is 0.110. The topological polar surface area (TPSA) is 20.1 Å². The van der Waals surface area contributed by atoms with E-state index in [0.717, 1.165) is 12.5 Å². The molecule has 1 aliphatic carbocycles. The van der Waals surface area contributed by atoms with Crippen molar-refractivity contribution in [2.75, 3.05) is 6.54 Å². The number of hydrogen-bond acceptors (Lipinski definition) is 1. The molecule has 0 spiro atoms. The van der Waals surface area contributed by atoms with Gasteiger partial charge in [0.15, 0.2) is 0 Å². The van der Waals surface area contributed by atoms with Gasteiger partial charge in [-0.05, 0) is 39.5 Å². The van der Waals surface area contributed by atoms with Crippen LogP contribution in [0.15, 0.2) is 0 Å². The van der Waals surface area contributed by atoms with Gasteiger partial charge in [0, 0.05) is 12.6 Å². The van der Waals surface area contributed by atoms with Crippen molar-refractivity contribution in [3.05, 3.63) is 0 Å². The van der Waals surface area contributed by atoms with Crippen molar-refractivity contribution in [1.29, 1.82) is 0 Å². The van der Waals surface area contributed by atoms with Crippen LogP contribution in [0.25, 0.3) is 0 Å². The summed E-state index contributed by atoms with van der Waals surface area (Å²) < 4.78 is 14.2. The smallest absolute Gasteiger partial charge is 0.100 e. The molecule has 1 saturated carbocycles. The molecule has 3 heteroatoms. The van der Waals surface area contributed by atoms with Crippen LogP contribution in [0.1, 0.15) is 52.9 Å². The van der Waals surface area contributed by atoms with Gasteiger partial charge in [0.2, 0.25) is 0 Å². The second kappa shape index (κ2) is 4.17. The van der Waals surface area contributed by atoms with Crippen LogP contribution in [0.4, 0.5) is 0 Å². The van der Waals surface area contributed by atoms with E-state index in [9.17, 15) is 4.21 Å². The van der Waals surface area contributed by atoms with Crippen LogP contribution >= 0.6 is 0 Å². The predicted octanol–water partition coefficient (Wildman–Crippen LogP) is 2.71. The van der Waals surface area contributed by atoms with Crippen molar-refractivity contribution in [2.45, 2.75) is 63.7 Å². The zero-order chi connectivity index (χ0) is 11.1. The fourth-order valence-corrected chi connectivity index (χ4v) is 3.99. The van der Waals surface area contributed by atoms with Crippen LogP contribution < -0.4 is 0 Å². The lowest BCUT2D eigenvalue weighted by atomic mass is 9.87. The molecule has 1 heterocycles. The van der Waals surface area contributed by atoms with Gasteiger partial charge in [0.05, 0.1) is 4.75 Å². The van der Waals surface area contributed by atoms with Crippen molar-refractivity contribution in [3.8, 4) is 0 Å². The van der Waals surface area contributed by atoms with E-state index in [0.29, 0.717) is 6.04 Å². The molecule has 15 heavy (non-hydrogen) atoms. The summed E-state index contributed by atoms with van der Waals surface area (Å²) in [5.41, 5.74) is 0. The Morgan fingerprint density at radius 1 is 1.13 bits per heavy atom. The first-order valence-corrected chi connectivity index (χ1v) is 7.29. The van der Waals surface area contributed by atoms with Gasteiger partial charge in [-0.15, -0.1) is 0 Å². The molecule has 2 rings (SSSR count). The van der Waals surface area contributed by atoms with E-state index in [4.69, 9.17) is 0 Å². The monoisotopic (exact) mass is 229 g/mol. The lowest BCUT2D eigenvalue weighted by molar-refractivity contribution is 0.338. The Morgan fingerprint density at radius 2 is 1.73 bits per heavy atom. The third kappa shape index (κ3) is 2.62. The van der Waals surface area contributed by atoms with E-state index in [1.54, 1.807) is 0 Å². The molecule has 1 saturated heterocycles. The van der Waals surface area contributed by atoms with Crippen molar-refractivity contribution in [2.24, 2.45) is 5.92 Å². The van der Waals surface area contributed by atoms with Crippen LogP contribution in [0.2, 0.25) is 0 Å². The van der Waals surface area contributed by atoms with Crippen LogP contribution in [0.5, 0.6) is 0 Å². The molecule has 88 valence electrons. The number of rotatable bonds is 2. The molecule has 0 aromatic rings. The summed E-state index contributed by atoms with van der Waals surface area (Å²) in [5.74, 6) is 0.838. The molecule has 0 bridgehead atoms. The summed E-state index contributed by atoms with van der Waals surface area (Å²) in [6.07, 6.45) is 6.91. The van der Waals surface area contributed by atoms with Crippen LogP contribution in [-0.2, 0) is 11.0 Å². The second-order valence-electron chi connectivity index (χ2n) is 5.93. The fraction of sp³-hybridized carbons (Fsp3) is 1.00. The highest BCUT2D eigenvalue weighted by Gasteiger charge is 2.46. The largest absolute Gasteiger partial charge is 0.242 e. The van der Waals surface area contributed by atoms with Gasteiger partial charge < -0.3 is 0 Å². The summed E-state index contributed by atoms with van der Waals surface area (Å²) >= 11 is 0. The Kier molecular flexibility index (Phi) is 3.22. The first-order valence-electron chi connectivity index (χ1n) is 6.19. The molecule has 0 aromatic heterocycles. The summed E-state index contributed by atoms with van der Waals surface area (Å²) in [4.78, 5) is 0. The molecule has 0 N–H and O–H groups in total. The van der Waals surface area contributed by atoms with E-state index in [1.165, 1.54) is 32.1 Å². The van der Waals surface area contributed by atoms with E-state index in [1.807, 2.05) is 0 Å². The molecule has 0 amide bonds. The Bertz CT molecular complexity index is 253. The van der Waals surface area contributed by atoms with Gasteiger partial charge in [0.25, 0.3) is 0 Å². The van der Waals surface area contributed by atoms with Gasteiger partial charge in [-0.25, -0.2) is 8.51 Å². The standard InChI is InChI=1S/C12H23NOS/c1-12(2,3)15(14)13-9-11(13)10-7-5-4-6-8-10/h10-11H,4-9H2,1-3H3/t11-,13?,15-/m1/s1. The van der Waals surface area contributed by atoms with Crippen molar-refractivity contribution in [3.63, 3.8) is 0 Å². The third-order valence-electron chi connectivity index (χ3n) is 3.53. The van der Waals surface area contributed by atoms with E-state index in [2.05, 4.69) is 25.1 Å². The van der Waals surface area contributed by atoms with Crippen molar-refractivity contribution in [1.82, 2.24) is 4.31 Å².